The molecule has 0 bridgehead atoms. The molecule has 4 nitrogen and oxygen atoms in total. The molecular weight excluding hydrogens is 303 g/mol. The summed E-state index contributed by atoms with van der Waals surface area (Å²) in [4.78, 5) is 24.2. The second-order valence-electron chi connectivity index (χ2n) is 4.56. The predicted molar refractivity (Wildman–Crippen MR) is 86.9 cm³/mol. The van der Waals surface area contributed by atoms with Crippen LogP contribution < -0.4 is 10.6 Å². The molecule has 0 heterocycles. The maximum absolute atomic E-state index is 13.8. The Morgan fingerprint density at radius 3 is 2.32 bits per heavy atom. The lowest BCUT2D eigenvalue weighted by Gasteiger charge is -2.09. The lowest BCUT2D eigenvalue weighted by Crippen LogP contribution is -2.13. The molecule has 2 rings (SSSR count). The number of thioether (sulfide) groups is 1. The van der Waals surface area contributed by atoms with E-state index in [9.17, 15) is 14.0 Å². The zero-order chi connectivity index (χ0) is 16.1. The molecule has 0 aliphatic carbocycles. The van der Waals surface area contributed by atoms with E-state index in [4.69, 9.17) is 0 Å². The van der Waals surface area contributed by atoms with Crippen LogP contribution in [0, 0.1) is 5.82 Å². The van der Waals surface area contributed by atoms with Gasteiger partial charge in [0.1, 0.15) is 5.82 Å². The van der Waals surface area contributed by atoms with Crippen LogP contribution in [0.15, 0.2) is 47.4 Å². The third kappa shape index (κ3) is 4.08. The number of halogens is 1. The van der Waals surface area contributed by atoms with E-state index in [0.29, 0.717) is 11.3 Å². The number of hydrogen-bond acceptors (Lipinski definition) is 3. The van der Waals surface area contributed by atoms with Gasteiger partial charge in [-0.05, 0) is 48.7 Å². The van der Waals surface area contributed by atoms with E-state index in [1.807, 2.05) is 18.4 Å². The molecule has 0 saturated heterocycles. The molecular formula is C16H15FN2O2S. The number of hydrogen-bond donors (Lipinski definition) is 2. The van der Waals surface area contributed by atoms with Gasteiger partial charge in [0.15, 0.2) is 0 Å². The minimum atomic E-state index is -0.566. The first-order valence-electron chi connectivity index (χ1n) is 6.52. The Bertz CT molecular complexity index is 702. The second-order valence-corrected chi connectivity index (χ2v) is 5.44. The molecule has 0 saturated carbocycles. The van der Waals surface area contributed by atoms with E-state index in [2.05, 4.69) is 10.6 Å². The molecule has 2 N–H and O–H groups in total. The third-order valence-corrected chi connectivity index (χ3v) is 3.63. The Hall–Kier alpha value is -2.34. The highest BCUT2D eigenvalue weighted by molar-refractivity contribution is 7.98. The van der Waals surface area contributed by atoms with Gasteiger partial charge in [-0.3, -0.25) is 9.59 Å². The highest BCUT2D eigenvalue weighted by Gasteiger charge is 2.10. The molecule has 22 heavy (non-hydrogen) atoms. The van der Waals surface area contributed by atoms with Crippen LogP contribution in [0.5, 0.6) is 0 Å². The maximum atomic E-state index is 13.8. The van der Waals surface area contributed by atoms with Crippen LogP contribution >= 0.6 is 11.8 Å². The van der Waals surface area contributed by atoms with Gasteiger partial charge in [0.25, 0.3) is 5.91 Å². The highest BCUT2D eigenvalue weighted by atomic mass is 32.2. The Balaban J connectivity index is 2.17. The van der Waals surface area contributed by atoms with E-state index in [1.165, 1.54) is 25.1 Å². The van der Waals surface area contributed by atoms with Crippen LogP contribution in [0.2, 0.25) is 0 Å². The summed E-state index contributed by atoms with van der Waals surface area (Å²) in [6.07, 6.45) is 1.94. The third-order valence-electron chi connectivity index (χ3n) is 2.89. The summed E-state index contributed by atoms with van der Waals surface area (Å²) in [7, 11) is 0. The number of anilines is 2. The lowest BCUT2D eigenvalue weighted by atomic mass is 10.2. The number of nitrogens with one attached hydrogen (secondary N) is 2. The summed E-state index contributed by atoms with van der Waals surface area (Å²) >= 11 is 1.57. The fraction of sp³-hybridized carbons (Fsp3) is 0.125. The van der Waals surface area contributed by atoms with E-state index >= 15 is 0 Å². The number of benzene rings is 2. The van der Waals surface area contributed by atoms with Crippen molar-refractivity contribution >= 4 is 35.0 Å². The van der Waals surface area contributed by atoms with Crippen molar-refractivity contribution in [1.82, 2.24) is 0 Å². The summed E-state index contributed by atoms with van der Waals surface area (Å²) in [5.41, 5.74) is 0.870. The van der Waals surface area contributed by atoms with Crippen molar-refractivity contribution in [2.45, 2.75) is 11.8 Å². The Kier molecular flexibility index (Phi) is 5.16. The van der Waals surface area contributed by atoms with Crippen LogP contribution in [0.3, 0.4) is 0 Å². The van der Waals surface area contributed by atoms with Crippen molar-refractivity contribution in [2.75, 3.05) is 16.9 Å². The normalized spacial score (nSPS) is 10.1. The molecule has 2 amide bonds. The largest absolute Gasteiger partial charge is 0.326 e. The minimum absolute atomic E-state index is 0.0187. The first-order chi connectivity index (χ1) is 10.5. The Morgan fingerprint density at radius 1 is 1.05 bits per heavy atom. The lowest BCUT2D eigenvalue weighted by molar-refractivity contribution is -0.114. The molecule has 114 valence electrons. The van der Waals surface area contributed by atoms with Crippen molar-refractivity contribution in [1.29, 1.82) is 0 Å². The van der Waals surface area contributed by atoms with Crippen molar-refractivity contribution < 1.29 is 14.0 Å². The van der Waals surface area contributed by atoms with Gasteiger partial charge >= 0.3 is 0 Å². The molecule has 0 atom stereocenters. The molecule has 0 aromatic heterocycles. The van der Waals surface area contributed by atoms with Crippen molar-refractivity contribution in [2.24, 2.45) is 0 Å². The van der Waals surface area contributed by atoms with Gasteiger partial charge in [-0.25, -0.2) is 4.39 Å². The van der Waals surface area contributed by atoms with Crippen molar-refractivity contribution in [3.8, 4) is 0 Å². The molecule has 6 heteroatoms. The number of rotatable bonds is 4. The summed E-state index contributed by atoms with van der Waals surface area (Å²) in [5, 5.41) is 5.05. The van der Waals surface area contributed by atoms with E-state index in [1.54, 1.807) is 23.9 Å². The molecule has 0 spiro atoms. The molecule has 2 aromatic rings. The average molecular weight is 318 g/mol. The standard InChI is InChI=1S/C16H15FN2O2S/c1-10(20)18-12-5-8-14(17)15(9-12)19-16(21)11-3-6-13(22-2)7-4-11/h3-9H,1-2H3,(H,18,20)(H,19,21). The molecule has 2 aromatic carbocycles. The van der Waals surface area contributed by atoms with Gasteiger partial charge in [0, 0.05) is 23.1 Å². The topological polar surface area (TPSA) is 58.2 Å². The van der Waals surface area contributed by atoms with E-state index in [-0.39, 0.29) is 11.6 Å². The van der Waals surface area contributed by atoms with Crippen LogP contribution in [0.1, 0.15) is 17.3 Å². The molecule has 0 aliphatic heterocycles. The van der Waals surface area contributed by atoms with Crippen LogP contribution in [0.25, 0.3) is 0 Å². The first kappa shape index (κ1) is 16.0. The van der Waals surface area contributed by atoms with Crippen LogP contribution in [-0.2, 0) is 4.79 Å². The van der Waals surface area contributed by atoms with Gasteiger partial charge in [0.2, 0.25) is 5.91 Å². The van der Waals surface area contributed by atoms with Gasteiger partial charge in [-0.2, -0.15) is 0 Å². The summed E-state index contributed by atoms with van der Waals surface area (Å²) < 4.78 is 13.8. The van der Waals surface area contributed by atoms with Crippen molar-refractivity contribution in [3.63, 3.8) is 0 Å². The smallest absolute Gasteiger partial charge is 0.255 e. The van der Waals surface area contributed by atoms with Gasteiger partial charge in [-0.15, -0.1) is 11.8 Å². The van der Waals surface area contributed by atoms with Gasteiger partial charge in [-0.1, -0.05) is 0 Å². The Morgan fingerprint density at radius 2 is 1.73 bits per heavy atom. The zero-order valence-corrected chi connectivity index (χ0v) is 13.0. The highest BCUT2D eigenvalue weighted by Crippen LogP contribution is 2.21. The van der Waals surface area contributed by atoms with Crippen LogP contribution in [-0.4, -0.2) is 18.1 Å². The first-order valence-corrected chi connectivity index (χ1v) is 7.74. The number of carbonyl (C=O) groups excluding carboxylic acids is 2. The Labute approximate surface area is 132 Å². The number of amides is 2. The SMILES string of the molecule is CSc1ccc(C(=O)Nc2cc(NC(C)=O)ccc2F)cc1. The fourth-order valence-corrected chi connectivity index (χ4v) is 2.25. The molecule has 0 aliphatic rings. The van der Waals surface area contributed by atoms with Crippen molar-refractivity contribution in [3.05, 3.63) is 53.8 Å². The minimum Gasteiger partial charge on any atom is -0.326 e. The fourth-order valence-electron chi connectivity index (χ4n) is 1.84. The predicted octanol–water partition coefficient (Wildman–Crippen LogP) is 3.76. The second kappa shape index (κ2) is 7.09. The maximum Gasteiger partial charge on any atom is 0.255 e. The molecule has 0 unspecified atom stereocenters. The summed E-state index contributed by atoms with van der Waals surface area (Å²) in [6, 6.07) is 11.0. The molecule has 0 fully saturated rings. The molecule has 0 radical (unpaired) electrons. The zero-order valence-electron chi connectivity index (χ0n) is 12.1. The quantitative estimate of drug-likeness (QED) is 0.844. The number of carbonyl (C=O) groups is 2. The monoisotopic (exact) mass is 318 g/mol. The van der Waals surface area contributed by atoms with E-state index in [0.717, 1.165) is 4.90 Å². The van der Waals surface area contributed by atoms with Crippen LogP contribution in [0.4, 0.5) is 15.8 Å². The van der Waals surface area contributed by atoms with E-state index < -0.39 is 11.7 Å². The van der Waals surface area contributed by atoms with Gasteiger partial charge < -0.3 is 10.6 Å². The summed E-state index contributed by atoms with van der Waals surface area (Å²) in [5.74, 6) is -1.24. The average Bonchev–Trinajstić information content (AvgIpc) is 2.50. The summed E-state index contributed by atoms with van der Waals surface area (Å²) in [6.45, 7) is 1.36. The van der Waals surface area contributed by atoms with Gasteiger partial charge in [0.05, 0.1) is 5.69 Å².